The Morgan fingerprint density at radius 1 is 1.30 bits per heavy atom. The summed E-state index contributed by atoms with van der Waals surface area (Å²) < 4.78 is 6.30. The van der Waals surface area contributed by atoms with Gasteiger partial charge in [-0.15, -0.1) is 11.3 Å². The molecular formula is C19H25N5O5S. The lowest BCUT2D eigenvalue weighted by molar-refractivity contribution is -0.386. The molecule has 2 N–H and O–H groups in total. The van der Waals surface area contributed by atoms with Gasteiger partial charge in [0.25, 0.3) is 5.91 Å². The molecular weight excluding hydrogens is 410 g/mol. The summed E-state index contributed by atoms with van der Waals surface area (Å²) in [5, 5.41) is 21.5. The predicted octanol–water partition coefficient (Wildman–Crippen LogP) is 2.36. The van der Waals surface area contributed by atoms with Gasteiger partial charge in [-0.3, -0.25) is 24.4 Å². The summed E-state index contributed by atoms with van der Waals surface area (Å²) in [6.45, 7) is 3.70. The fourth-order valence-corrected chi connectivity index (χ4v) is 4.96. The zero-order valence-electron chi connectivity index (χ0n) is 17.2. The first-order valence-electron chi connectivity index (χ1n) is 9.73. The van der Waals surface area contributed by atoms with Crippen LogP contribution in [0.1, 0.15) is 45.0 Å². The first-order chi connectivity index (χ1) is 14.3. The number of nitro groups is 1. The number of anilines is 1. The Kier molecular flexibility index (Phi) is 6.83. The molecule has 0 saturated heterocycles. The van der Waals surface area contributed by atoms with E-state index in [0.717, 1.165) is 36.1 Å². The van der Waals surface area contributed by atoms with Crippen LogP contribution in [0, 0.1) is 24.0 Å². The van der Waals surface area contributed by atoms with E-state index in [0.29, 0.717) is 29.4 Å². The van der Waals surface area contributed by atoms with E-state index in [1.807, 2.05) is 0 Å². The highest BCUT2D eigenvalue weighted by Gasteiger charge is 2.27. The predicted molar refractivity (Wildman–Crippen MR) is 112 cm³/mol. The third-order valence-electron chi connectivity index (χ3n) is 5.06. The first-order valence-corrected chi connectivity index (χ1v) is 10.5. The minimum atomic E-state index is -0.498. The topological polar surface area (TPSA) is 128 Å². The Labute approximate surface area is 177 Å². The van der Waals surface area contributed by atoms with Crippen LogP contribution < -0.4 is 10.6 Å². The molecule has 0 atom stereocenters. The summed E-state index contributed by atoms with van der Waals surface area (Å²) >= 11 is 1.42. The number of rotatable bonds is 8. The number of carbonyl (C=O) groups is 2. The summed E-state index contributed by atoms with van der Waals surface area (Å²) in [5.74, 6) is -0.622. The Bertz CT molecular complexity index is 981. The largest absolute Gasteiger partial charge is 0.383 e. The van der Waals surface area contributed by atoms with Gasteiger partial charge in [0.1, 0.15) is 22.9 Å². The highest BCUT2D eigenvalue weighted by Crippen LogP contribution is 2.38. The molecule has 11 heteroatoms. The summed E-state index contributed by atoms with van der Waals surface area (Å²) in [4.78, 5) is 37.3. The lowest BCUT2D eigenvalue weighted by atomic mass is 9.95. The summed E-state index contributed by atoms with van der Waals surface area (Å²) in [7, 11) is 1.56. The quantitative estimate of drug-likeness (QED) is 0.372. The number of ether oxygens (including phenoxy) is 1. The fraction of sp³-hybridized carbons (Fsp3) is 0.526. The van der Waals surface area contributed by atoms with Gasteiger partial charge < -0.3 is 15.4 Å². The minimum Gasteiger partial charge on any atom is -0.383 e. The molecule has 0 radical (unpaired) electrons. The summed E-state index contributed by atoms with van der Waals surface area (Å²) in [6, 6.07) is 0. The van der Waals surface area contributed by atoms with Gasteiger partial charge in [0, 0.05) is 18.5 Å². The third kappa shape index (κ3) is 4.51. The van der Waals surface area contributed by atoms with Gasteiger partial charge in [0.15, 0.2) is 0 Å². The molecule has 2 aromatic rings. The first kappa shape index (κ1) is 21.9. The number of amides is 2. The number of aryl methyl sites for hydroxylation is 2. The van der Waals surface area contributed by atoms with Crippen LogP contribution in [0.3, 0.4) is 0 Å². The standard InChI is InChI=1S/C19H25N5O5S/c1-11-17(24(27)28)12(2)23(22-11)10-15(25)21-19-16(18(26)20-8-9-29-3)13-6-4-5-7-14(13)30-19/h4-10H2,1-3H3,(H,20,26)(H,21,25). The normalized spacial score (nSPS) is 13.0. The number of hydrogen-bond acceptors (Lipinski definition) is 7. The zero-order chi connectivity index (χ0) is 21.8. The zero-order valence-corrected chi connectivity index (χ0v) is 18.1. The van der Waals surface area contributed by atoms with Crippen molar-refractivity contribution in [1.29, 1.82) is 0 Å². The van der Waals surface area contributed by atoms with E-state index in [-0.39, 0.29) is 29.7 Å². The highest BCUT2D eigenvalue weighted by atomic mass is 32.1. The van der Waals surface area contributed by atoms with Crippen LogP contribution in [-0.2, 0) is 28.9 Å². The average molecular weight is 436 g/mol. The van der Waals surface area contributed by atoms with Crippen molar-refractivity contribution >= 4 is 33.8 Å². The highest BCUT2D eigenvalue weighted by molar-refractivity contribution is 7.17. The number of nitrogens with zero attached hydrogens (tertiary/aromatic N) is 3. The van der Waals surface area contributed by atoms with E-state index >= 15 is 0 Å². The number of aromatic nitrogens is 2. The van der Waals surface area contributed by atoms with E-state index in [1.165, 1.54) is 22.9 Å². The molecule has 162 valence electrons. The lowest BCUT2D eigenvalue weighted by Crippen LogP contribution is -2.29. The Balaban J connectivity index is 1.81. The molecule has 0 aliphatic heterocycles. The summed E-state index contributed by atoms with van der Waals surface area (Å²) in [6.07, 6.45) is 3.75. The van der Waals surface area contributed by atoms with Gasteiger partial charge in [-0.2, -0.15) is 5.10 Å². The van der Waals surface area contributed by atoms with Crippen molar-refractivity contribution in [3.05, 3.63) is 37.5 Å². The lowest BCUT2D eigenvalue weighted by Gasteiger charge is -2.13. The molecule has 0 aromatic carbocycles. The van der Waals surface area contributed by atoms with Gasteiger partial charge in [0.2, 0.25) is 5.91 Å². The van der Waals surface area contributed by atoms with E-state index in [1.54, 1.807) is 14.0 Å². The number of fused-ring (bicyclic) bond motifs is 1. The van der Waals surface area contributed by atoms with Crippen LogP contribution in [0.4, 0.5) is 10.7 Å². The second-order valence-corrected chi connectivity index (χ2v) is 8.25. The van der Waals surface area contributed by atoms with Crippen molar-refractivity contribution in [2.24, 2.45) is 0 Å². The van der Waals surface area contributed by atoms with Crippen LogP contribution in [0.2, 0.25) is 0 Å². The molecule has 2 heterocycles. The molecule has 30 heavy (non-hydrogen) atoms. The maximum Gasteiger partial charge on any atom is 0.312 e. The van der Waals surface area contributed by atoms with E-state index in [4.69, 9.17) is 4.74 Å². The van der Waals surface area contributed by atoms with Crippen molar-refractivity contribution in [3.8, 4) is 0 Å². The Morgan fingerprint density at radius 3 is 2.70 bits per heavy atom. The van der Waals surface area contributed by atoms with Crippen molar-refractivity contribution in [2.45, 2.75) is 46.1 Å². The third-order valence-corrected chi connectivity index (χ3v) is 6.27. The second kappa shape index (κ2) is 9.35. The molecule has 0 spiro atoms. The molecule has 1 aliphatic carbocycles. The molecule has 2 aromatic heterocycles. The SMILES string of the molecule is COCCNC(=O)c1c(NC(=O)Cn2nc(C)c([N+](=O)[O-])c2C)sc2c1CCCC2. The fourth-order valence-electron chi connectivity index (χ4n) is 3.66. The van der Waals surface area contributed by atoms with E-state index in [2.05, 4.69) is 15.7 Å². The number of hydrogen-bond donors (Lipinski definition) is 2. The van der Waals surface area contributed by atoms with Crippen molar-refractivity contribution in [2.75, 3.05) is 25.6 Å². The van der Waals surface area contributed by atoms with Gasteiger partial charge >= 0.3 is 5.69 Å². The summed E-state index contributed by atoms with van der Waals surface area (Å²) in [5.41, 5.74) is 2.00. The smallest absolute Gasteiger partial charge is 0.312 e. The van der Waals surface area contributed by atoms with Gasteiger partial charge in [0.05, 0.1) is 17.1 Å². The molecule has 0 fully saturated rings. The number of carbonyl (C=O) groups excluding carboxylic acids is 2. The molecule has 0 unspecified atom stereocenters. The monoisotopic (exact) mass is 435 g/mol. The second-order valence-electron chi connectivity index (χ2n) is 7.15. The van der Waals surface area contributed by atoms with Gasteiger partial charge in [-0.1, -0.05) is 0 Å². The maximum atomic E-state index is 12.8. The van der Waals surface area contributed by atoms with Crippen molar-refractivity contribution in [1.82, 2.24) is 15.1 Å². The van der Waals surface area contributed by atoms with Crippen molar-refractivity contribution < 1.29 is 19.2 Å². The van der Waals surface area contributed by atoms with Crippen molar-refractivity contribution in [3.63, 3.8) is 0 Å². The van der Waals surface area contributed by atoms with E-state index in [9.17, 15) is 19.7 Å². The van der Waals surface area contributed by atoms with Crippen LogP contribution >= 0.6 is 11.3 Å². The number of methoxy groups -OCH3 is 1. The number of nitrogens with one attached hydrogen (secondary N) is 2. The minimum absolute atomic E-state index is 0.0902. The molecule has 2 amide bonds. The van der Waals surface area contributed by atoms with Gasteiger partial charge in [-0.05, 0) is 45.1 Å². The molecule has 0 saturated carbocycles. The van der Waals surface area contributed by atoms with Gasteiger partial charge in [-0.25, -0.2) is 0 Å². The molecule has 0 bridgehead atoms. The van der Waals surface area contributed by atoms with Crippen LogP contribution in [0.25, 0.3) is 0 Å². The molecule has 10 nitrogen and oxygen atoms in total. The van der Waals surface area contributed by atoms with Crippen LogP contribution in [0.15, 0.2) is 0 Å². The van der Waals surface area contributed by atoms with E-state index < -0.39 is 4.92 Å². The average Bonchev–Trinajstić information content (AvgIpc) is 3.18. The Hall–Kier alpha value is -2.79. The maximum absolute atomic E-state index is 12.8. The molecule has 3 rings (SSSR count). The Morgan fingerprint density at radius 2 is 2.03 bits per heavy atom. The van der Waals surface area contributed by atoms with Crippen LogP contribution in [0.5, 0.6) is 0 Å². The molecule has 1 aliphatic rings. The van der Waals surface area contributed by atoms with Crippen LogP contribution in [-0.4, -0.2) is 46.8 Å². The number of thiophene rings is 1.